The van der Waals surface area contributed by atoms with E-state index in [1.807, 2.05) is 6.08 Å². The third-order valence-corrected chi connectivity index (χ3v) is 1.84. The molecule has 1 atom stereocenters. The average Bonchev–Trinajstić information content (AvgIpc) is 2.06. The Morgan fingerprint density at radius 2 is 2.17 bits per heavy atom. The molecule has 12 heavy (non-hydrogen) atoms. The summed E-state index contributed by atoms with van der Waals surface area (Å²) >= 11 is 0. The molecular weight excluding hydrogens is 154 g/mol. The molecule has 0 saturated heterocycles. The van der Waals surface area contributed by atoms with Crippen molar-refractivity contribution in [2.24, 2.45) is 0 Å². The molecule has 0 radical (unpaired) electrons. The van der Waals surface area contributed by atoms with Gasteiger partial charge in [0.1, 0.15) is 0 Å². The molecule has 0 aromatic carbocycles. The fourth-order valence-electron chi connectivity index (χ4n) is 1.06. The number of hydrogen-bond donors (Lipinski definition) is 3. The van der Waals surface area contributed by atoms with Crippen LogP contribution >= 0.6 is 0 Å². The summed E-state index contributed by atoms with van der Waals surface area (Å²) in [5, 5.41) is 20.6. The fourth-order valence-corrected chi connectivity index (χ4v) is 1.06. The molecule has 1 aliphatic carbocycles. The zero-order valence-electron chi connectivity index (χ0n) is 7.20. The van der Waals surface area contributed by atoms with E-state index in [1.165, 1.54) is 0 Å². The third kappa shape index (κ3) is 2.68. The molecule has 0 aromatic rings. The molecule has 3 heteroatoms. The first kappa shape index (κ1) is 9.29. The highest BCUT2D eigenvalue weighted by molar-refractivity contribution is 5.20. The molecule has 0 fully saturated rings. The first-order valence-electron chi connectivity index (χ1n) is 4.19. The van der Waals surface area contributed by atoms with Crippen molar-refractivity contribution in [3.05, 3.63) is 23.9 Å². The van der Waals surface area contributed by atoms with Crippen molar-refractivity contribution >= 4 is 0 Å². The smallest absolute Gasteiger partial charge is 0.171 e. The second kappa shape index (κ2) is 4.28. The molecule has 0 spiro atoms. The van der Waals surface area contributed by atoms with Gasteiger partial charge in [0, 0.05) is 5.70 Å². The lowest BCUT2D eigenvalue weighted by atomic mass is 10.1. The first-order chi connectivity index (χ1) is 5.70. The number of rotatable bonds is 3. The number of aliphatic hydroxyl groups is 2. The molecule has 0 unspecified atom stereocenters. The van der Waals surface area contributed by atoms with Gasteiger partial charge in [-0.1, -0.05) is 12.2 Å². The van der Waals surface area contributed by atoms with Crippen LogP contribution in [0.1, 0.15) is 19.8 Å². The lowest BCUT2D eigenvalue weighted by Gasteiger charge is -2.18. The van der Waals surface area contributed by atoms with Crippen molar-refractivity contribution in [3.63, 3.8) is 0 Å². The van der Waals surface area contributed by atoms with Crippen LogP contribution in [0.15, 0.2) is 23.9 Å². The van der Waals surface area contributed by atoms with Gasteiger partial charge in [0.2, 0.25) is 0 Å². The lowest BCUT2D eigenvalue weighted by molar-refractivity contribution is -0.0601. The Balaban J connectivity index is 2.40. The van der Waals surface area contributed by atoms with Crippen molar-refractivity contribution in [2.75, 3.05) is 0 Å². The van der Waals surface area contributed by atoms with Crippen molar-refractivity contribution in [3.8, 4) is 0 Å². The Morgan fingerprint density at radius 1 is 1.42 bits per heavy atom. The second-order valence-corrected chi connectivity index (χ2v) is 2.99. The maximum Gasteiger partial charge on any atom is 0.171 e. The number of nitrogens with one attached hydrogen (secondary N) is 1. The molecule has 0 amide bonds. The summed E-state index contributed by atoms with van der Waals surface area (Å²) in [5.41, 5.74) is 0.974. The molecular formula is C9H15NO2. The normalized spacial score (nSPS) is 19.2. The summed E-state index contributed by atoms with van der Waals surface area (Å²) < 4.78 is 0. The molecule has 0 aliphatic heterocycles. The quantitative estimate of drug-likeness (QED) is 0.539. The van der Waals surface area contributed by atoms with Crippen LogP contribution in [0, 0.1) is 0 Å². The van der Waals surface area contributed by atoms with E-state index in [-0.39, 0.29) is 6.04 Å². The van der Waals surface area contributed by atoms with Crippen molar-refractivity contribution in [1.29, 1.82) is 0 Å². The highest BCUT2D eigenvalue weighted by Gasteiger charge is 2.10. The standard InChI is InChI=1S/C9H15NO2/c1-7(9(11)12)10-8-5-3-2-4-6-8/h3,5-7,9-12H,2,4H2,1H3/t7-/m0/s1. The zero-order valence-corrected chi connectivity index (χ0v) is 7.20. The van der Waals surface area contributed by atoms with Crippen LogP contribution in [0.3, 0.4) is 0 Å². The van der Waals surface area contributed by atoms with Gasteiger partial charge in [0.05, 0.1) is 6.04 Å². The summed E-state index contributed by atoms with van der Waals surface area (Å²) in [4.78, 5) is 0. The Kier molecular flexibility index (Phi) is 3.31. The summed E-state index contributed by atoms with van der Waals surface area (Å²) in [6.45, 7) is 1.73. The van der Waals surface area contributed by atoms with Crippen LogP contribution in [0.4, 0.5) is 0 Å². The van der Waals surface area contributed by atoms with Gasteiger partial charge in [-0.2, -0.15) is 0 Å². The van der Waals surface area contributed by atoms with Crippen LogP contribution in [-0.2, 0) is 0 Å². The molecule has 0 saturated carbocycles. The van der Waals surface area contributed by atoms with Gasteiger partial charge in [0.15, 0.2) is 6.29 Å². The molecule has 0 aromatic heterocycles. The topological polar surface area (TPSA) is 52.5 Å². The molecule has 3 N–H and O–H groups in total. The maximum absolute atomic E-state index is 8.79. The van der Waals surface area contributed by atoms with Crippen LogP contribution < -0.4 is 5.32 Å². The molecule has 1 aliphatic rings. The van der Waals surface area contributed by atoms with E-state index in [0.717, 1.165) is 18.5 Å². The Bertz CT molecular complexity index is 197. The summed E-state index contributed by atoms with van der Waals surface area (Å²) in [7, 11) is 0. The van der Waals surface area contributed by atoms with Gasteiger partial charge in [-0.15, -0.1) is 0 Å². The Hall–Kier alpha value is -0.800. The highest BCUT2D eigenvalue weighted by atomic mass is 16.5. The highest BCUT2D eigenvalue weighted by Crippen LogP contribution is 2.07. The average molecular weight is 169 g/mol. The van der Waals surface area contributed by atoms with Gasteiger partial charge >= 0.3 is 0 Å². The monoisotopic (exact) mass is 169 g/mol. The van der Waals surface area contributed by atoms with Gasteiger partial charge in [-0.25, -0.2) is 0 Å². The van der Waals surface area contributed by atoms with Crippen LogP contribution in [0.5, 0.6) is 0 Å². The first-order valence-corrected chi connectivity index (χ1v) is 4.19. The summed E-state index contributed by atoms with van der Waals surface area (Å²) in [6, 6.07) is -0.320. The van der Waals surface area contributed by atoms with E-state index >= 15 is 0 Å². The minimum Gasteiger partial charge on any atom is -0.378 e. The van der Waals surface area contributed by atoms with Crippen molar-refractivity contribution < 1.29 is 10.2 Å². The predicted molar refractivity (Wildman–Crippen MR) is 47.3 cm³/mol. The lowest BCUT2D eigenvalue weighted by Crippen LogP contribution is -2.36. The van der Waals surface area contributed by atoms with Crippen LogP contribution in [0.25, 0.3) is 0 Å². The summed E-state index contributed by atoms with van der Waals surface area (Å²) in [6.07, 6.45) is 6.87. The number of hydrogen-bond acceptors (Lipinski definition) is 3. The SMILES string of the molecule is C[C@H](NC1=CCCC=C1)C(O)O. The van der Waals surface area contributed by atoms with Gasteiger partial charge < -0.3 is 15.5 Å². The van der Waals surface area contributed by atoms with E-state index < -0.39 is 6.29 Å². The third-order valence-electron chi connectivity index (χ3n) is 1.84. The fraction of sp³-hybridized carbons (Fsp3) is 0.556. The molecule has 0 heterocycles. The zero-order chi connectivity index (χ0) is 8.97. The maximum atomic E-state index is 8.79. The number of aliphatic hydroxyl groups excluding tert-OH is 1. The molecule has 0 bridgehead atoms. The predicted octanol–water partition coefficient (Wildman–Crippen LogP) is 0.509. The van der Waals surface area contributed by atoms with Crippen LogP contribution in [0.2, 0.25) is 0 Å². The second-order valence-electron chi connectivity index (χ2n) is 2.99. The van der Waals surface area contributed by atoms with Crippen LogP contribution in [-0.4, -0.2) is 22.5 Å². The van der Waals surface area contributed by atoms with E-state index in [2.05, 4.69) is 17.5 Å². The minimum absolute atomic E-state index is 0.320. The van der Waals surface area contributed by atoms with E-state index in [0.29, 0.717) is 0 Å². The van der Waals surface area contributed by atoms with E-state index in [4.69, 9.17) is 10.2 Å². The summed E-state index contributed by atoms with van der Waals surface area (Å²) in [5.74, 6) is 0. The number of allylic oxidation sites excluding steroid dienone is 3. The van der Waals surface area contributed by atoms with Gasteiger partial charge in [-0.3, -0.25) is 0 Å². The van der Waals surface area contributed by atoms with Crippen molar-refractivity contribution in [2.45, 2.75) is 32.1 Å². The largest absolute Gasteiger partial charge is 0.378 e. The molecule has 68 valence electrons. The molecule has 1 rings (SSSR count). The Labute approximate surface area is 72.4 Å². The van der Waals surface area contributed by atoms with Gasteiger partial charge in [0.25, 0.3) is 0 Å². The van der Waals surface area contributed by atoms with E-state index in [1.54, 1.807) is 6.92 Å². The molecule has 3 nitrogen and oxygen atoms in total. The van der Waals surface area contributed by atoms with Crippen molar-refractivity contribution in [1.82, 2.24) is 5.32 Å². The minimum atomic E-state index is -1.30. The van der Waals surface area contributed by atoms with Gasteiger partial charge in [-0.05, 0) is 25.8 Å². The Morgan fingerprint density at radius 3 is 2.67 bits per heavy atom. The van der Waals surface area contributed by atoms with E-state index in [9.17, 15) is 0 Å².